The molecule has 1 aliphatic rings. The fraction of sp³-hybridized carbons (Fsp3) is 0.514. The first-order valence-electron chi connectivity index (χ1n) is 17.3. The number of hydrogen-bond donors (Lipinski definition) is 4. The molecule has 0 aromatic heterocycles. The van der Waals surface area contributed by atoms with Gasteiger partial charge in [0.25, 0.3) is 0 Å². The van der Waals surface area contributed by atoms with Crippen LogP contribution >= 0.6 is 11.8 Å². The zero-order valence-electron chi connectivity index (χ0n) is 30.7. The van der Waals surface area contributed by atoms with Crippen LogP contribution in [0.15, 0.2) is 54.6 Å². The highest BCUT2D eigenvalue weighted by Crippen LogP contribution is 2.23. The standard InChI is InChI=1S/C37H51N5O9S/c1-7-50-35(48)28(21-26-13-15-27(43)16-14-26)40-32(45)24(2)39-31(44)23-38-33(46)30(22-25-11-9-8-10-12-25)41-18-19-42(36(49)51-37(3,4)5)29(34(41)47)17-20-52-6/h8-16,24,28-30,43H,7,17-23H2,1-6H3,(H,38,46)(H,39,44)(H,40,45)/t24-,28+,29-,30-/m1/s1. The van der Waals surface area contributed by atoms with Gasteiger partial charge in [-0.15, -0.1) is 0 Å². The number of phenols is 1. The lowest BCUT2D eigenvalue weighted by molar-refractivity contribution is -0.149. The summed E-state index contributed by atoms with van der Waals surface area (Å²) in [7, 11) is 0. The third-order valence-corrected chi connectivity index (χ3v) is 8.80. The number of thioether (sulfide) groups is 1. The van der Waals surface area contributed by atoms with Crippen molar-refractivity contribution in [3.63, 3.8) is 0 Å². The Morgan fingerprint density at radius 2 is 1.60 bits per heavy atom. The van der Waals surface area contributed by atoms with Gasteiger partial charge in [-0.3, -0.25) is 24.1 Å². The molecule has 5 amide bonds. The van der Waals surface area contributed by atoms with Gasteiger partial charge in [0.15, 0.2) is 0 Å². The van der Waals surface area contributed by atoms with Gasteiger partial charge in [-0.2, -0.15) is 11.8 Å². The van der Waals surface area contributed by atoms with E-state index >= 15 is 0 Å². The smallest absolute Gasteiger partial charge is 0.411 e. The lowest BCUT2D eigenvalue weighted by Gasteiger charge is -2.43. The van der Waals surface area contributed by atoms with Crippen LogP contribution in [0.1, 0.15) is 52.2 Å². The van der Waals surface area contributed by atoms with Crippen molar-refractivity contribution in [3.8, 4) is 5.75 Å². The maximum atomic E-state index is 14.0. The predicted octanol–water partition coefficient (Wildman–Crippen LogP) is 2.42. The average molecular weight is 742 g/mol. The van der Waals surface area contributed by atoms with E-state index in [0.717, 1.165) is 5.56 Å². The summed E-state index contributed by atoms with van der Waals surface area (Å²) in [5, 5.41) is 17.3. The van der Waals surface area contributed by atoms with Gasteiger partial charge in [0.1, 0.15) is 35.5 Å². The second-order valence-corrected chi connectivity index (χ2v) is 14.4. The maximum Gasteiger partial charge on any atom is 0.411 e. The zero-order valence-corrected chi connectivity index (χ0v) is 31.5. The van der Waals surface area contributed by atoms with Crippen LogP contribution in [0.2, 0.25) is 0 Å². The van der Waals surface area contributed by atoms with E-state index in [0.29, 0.717) is 17.7 Å². The minimum absolute atomic E-state index is 0.0537. The highest BCUT2D eigenvalue weighted by molar-refractivity contribution is 7.98. The van der Waals surface area contributed by atoms with E-state index in [-0.39, 0.29) is 44.2 Å². The summed E-state index contributed by atoms with van der Waals surface area (Å²) in [5.41, 5.74) is 0.705. The summed E-state index contributed by atoms with van der Waals surface area (Å²) in [6.45, 7) is 8.19. The van der Waals surface area contributed by atoms with Gasteiger partial charge in [0, 0.05) is 25.9 Å². The minimum Gasteiger partial charge on any atom is -0.508 e. The monoisotopic (exact) mass is 741 g/mol. The van der Waals surface area contributed by atoms with Crippen molar-refractivity contribution in [2.24, 2.45) is 0 Å². The molecule has 0 spiro atoms. The molecule has 4 N–H and O–H groups in total. The topological polar surface area (TPSA) is 184 Å². The highest BCUT2D eigenvalue weighted by Gasteiger charge is 2.43. The van der Waals surface area contributed by atoms with E-state index in [9.17, 15) is 33.9 Å². The Balaban J connectivity index is 1.70. The van der Waals surface area contributed by atoms with E-state index in [1.807, 2.05) is 36.6 Å². The molecule has 52 heavy (non-hydrogen) atoms. The fourth-order valence-electron chi connectivity index (χ4n) is 5.59. The molecule has 0 saturated carbocycles. The van der Waals surface area contributed by atoms with E-state index < -0.39 is 66.1 Å². The molecule has 14 nitrogen and oxygen atoms in total. The average Bonchev–Trinajstić information content (AvgIpc) is 3.09. The van der Waals surface area contributed by atoms with Crippen LogP contribution in [-0.4, -0.2) is 119 Å². The number of phenolic OH excluding ortho intramolecular Hbond substituents is 1. The molecule has 284 valence electrons. The number of hydrogen-bond acceptors (Lipinski definition) is 10. The van der Waals surface area contributed by atoms with E-state index in [1.54, 1.807) is 39.8 Å². The van der Waals surface area contributed by atoms with Crippen LogP contribution < -0.4 is 16.0 Å². The number of aromatic hydroxyl groups is 1. The summed E-state index contributed by atoms with van der Waals surface area (Å²) < 4.78 is 10.7. The zero-order chi connectivity index (χ0) is 38.4. The van der Waals surface area contributed by atoms with Gasteiger partial charge in [0.05, 0.1) is 13.2 Å². The Morgan fingerprint density at radius 1 is 0.942 bits per heavy atom. The minimum atomic E-state index is -1.08. The van der Waals surface area contributed by atoms with Crippen molar-refractivity contribution < 1.29 is 43.3 Å². The van der Waals surface area contributed by atoms with Crippen LogP contribution in [0.5, 0.6) is 5.75 Å². The predicted molar refractivity (Wildman–Crippen MR) is 196 cm³/mol. The second kappa shape index (κ2) is 19.7. The summed E-state index contributed by atoms with van der Waals surface area (Å²) in [6.07, 6.45) is 1.92. The Hall–Kier alpha value is -4.79. The SMILES string of the molecule is CCOC(=O)[C@H](Cc1ccc(O)cc1)NC(=O)[C@@H](C)NC(=O)CNC(=O)[C@@H](Cc1ccccc1)N1CCN(C(=O)OC(C)(C)C)[C@H](CCSC)C1=O. The van der Waals surface area contributed by atoms with Gasteiger partial charge in [-0.25, -0.2) is 9.59 Å². The first-order chi connectivity index (χ1) is 24.6. The number of carbonyl (C=O) groups is 6. The lowest BCUT2D eigenvalue weighted by atomic mass is 10.00. The Bertz CT molecular complexity index is 1530. The number of nitrogens with one attached hydrogen (secondary N) is 3. The number of rotatable bonds is 16. The molecule has 0 radical (unpaired) electrons. The van der Waals surface area contributed by atoms with Crippen molar-refractivity contribution in [2.45, 2.75) is 83.6 Å². The molecule has 0 bridgehead atoms. The maximum absolute atomic E-state index is 14.0. The molecule has 15 heteroatoms. The van der Waals surface area contributed by atoms with Gasteiger partial charge in [0.2, 0.25) is 23.6 Å². The molecular formula is C37H51N5O9S. The van der Waals surface area contributed by atoms with Crippen molar-refractivity contribution in [1.29, 1.82) is 0 Å². The molecule has 4 atom stereocenters. The van der Waals surface area contributed by atoms with Crippen LogP contribution in [-0.2, 0) is 46.3 Å². The summed E-state index contributed by atoms with van der Waals surface area (Å²) >= 11 is 1.53. The first-order valence-corrected chi connectivity index (χ1v) is 18.7. The number of amides is 5. The van der Waals surface area contributed by atoms with Gasteiger partial charge in [-0.1, -0.05) is 42.5 Å². The normalized spacial score (nSPS) is 16.3. The largest absolute Gasteiger partial charge is 0.508 e. The van der Waals surface area contributed by atoms with Crippen molar-refractivity contribution in [1.82, 2.24) is 25.8 Å². The lowest BCUT2D eigenvalue weighted by Crippen LogP contribution is -2.64. The molecule has 0 unspecified atom stereocenters. The Labute approximate surface area is 309 Å². The first kappa shape index (κ1) is 41.6. The number of piperazine rings is 1. The van der Waals surface area contributed by atoms with E-state index in [2.05, 4.69) is 16.0 Å². The molecule has 1 fully saturated rings. The number of esters is 1. The molecule has 1 heterocycles. The molecular weight excluding hydrogens is 691 g/mol. The van der Waals surface area contributed by atoms with Crippen molar-refractivity contribution >= 4 is 47.5 Å². The van der Waals surface area contributed by atoms with Crippen LogP contribution in [0.4, 0.5) is 4.79 Å². The number of nitrogens with zero attached hydrogens (tertiary/aromatic N) is 2. The fourth-order valence-corrected chi connectivity index (χ4v) is 6.05. The number of ether oxygens (including phenoxy) is 2. The Kier molecular flexibility index (Phi) is 15.8. The quantitative estimate of drug-likeness (QED) is 0.187. The molecule has 2 aromatic carbocycles. The van der Waals surface area contributed by atoms with Gasteiger partial charge in [-0.05, 0) is 76.3 Å². The third kappa shape index (κ3) is 12.8. The number of benzene rings is 2. The van der Waals surface area contributed by atoms with Crippen LogP contribution in [0.25, 0.3) is 0 Å². The van der Waals surface area contributed by atoms with Gasteiger partial charge < -0.3 is 35.4 Å². The van der Waals surface area contributed by atoms with Crippen LogP contribution in [0, 0.1) is 0 Å². The van der Waals surface area contributed by atoms with Crippen LogP contribution in [0.3, 0.4) is 0 Å². The van der Waals surface area contributed by atoms with E-state index in [1.165, 1.54) is 40.6 Å². The Morgan fingerprint density at radius 3 is 2.21 bits per heavy atom. The summed E-state index contributed by atoms with van der Waals surface area (Å²) in [6, 6.07) is 11.4. The molecule has 2 aromatic rings. The molecule has 3 rings (SSSR count). The molecule has 0 aliphatic carbocycles. The third-order valence-electron chi connectivity index (χ3n) is 8.16. The number of carbonyl (C=O) groups excluding carboxylic acids is 6. The summed E-state index contributed by atoms with van der Waals surface area (Å²) in [5.74, 6) is -2.28. The highest BCUT2D eigenvalue weighted by atomic mass is 32.2. The molecule has 1 aliphatic heterocycles. The van der Waals surface area contributed by atoms with Gasteiger partial charge >= 0.3 is 12.1 Å². The van der Waals surface area contributed by atoms with Crippen molar-refractivity contribution in [3.05, 3.63) is 65.7 Å². The second-order valence-electron chi connectivity index (χ2n) is 13.4. The molecule has 1 saturated heterocycles. The van der Waals surface area contributed by atoms with Crippen molar-refractivity contribution in [2.75, 3.05) is 38.2 Å². The summed E-state index contributed by atoms with van der Waals surface area (Å²) in [4.78, 5) is 82.4. The van der Waals surface area contributed by atoms with E-state index in [4.69, 9.17) is 9.47 Å².